The molecule has 0 amide bonds. The molecule has 3 unspecified atom stereocenters. The Bertz CT molecular complexity index is 1980. The fourth-order valence-corrected chi connectivity index (χ4v) is 14.6. The van der Waals surface area contributed by atoms with Crippen LogP contribution in [-0.2, 0) is 65.4 Å². The average Bonchev–Trinajstić information content (AvgIpc) is 0.929. The second-order valence-corrected chi connectivity index (χ2v) is 33.8. The first-order valence-electron chi connectivity index (χ1n) is 43.5. The lowest BCUT2D eigenvalue weighted by atomic mass is 9.99. The van der Waals surface area contributed by atoms with Crippen molar-refractivity contribution in [2.45, 2.75) is 464 Å². The van der Waals surface area contributed by atoms with Gasteiger partial charge in [0.05, 0.1) is 26.4 Å². The topological polar surface area (TPSA) is 237 Å². The number of aliphatic hydroxyl groups is 1. The van der Waals surface area contributed by atoms with Crippen LogP contribution in [0.25, 0.3) is 0 Å². The first-order chi connectivity index (χ1) is 49.9. The number of carbonyl (C=O) groups is 4. The Balaban J connectivity index is 5.26. The van der Waals surface area contributed by atoms with Gasteiger partial charge in [0, 0.05) is 25.7 Å². The van der Waals surface area contributed by atoms with Crippen molar-refractivity contribution in [3.8, 4) is 0 Å². The van der Waals surface area contributed by atoms with Gasteiger partial charge in [-0.2, -0.15) is 0 Å². The van der Waals surface area contributed by atoms with Gasteiger partial charge in [-0.25, -0.2) is 9.13 Å². The minimum Gasteiger partial charge on any atom is -0.462 e. The number of carbonyl (C=O) groups excluding carboxylic acids is 4. The van der Waals surface area contributed by atoms with E-state index in [4.69, 9.17) is 37.0 Å². The molecule has 0 saturated carbocycles. The van der Waals surface area contributed by atoms with E-state index in [1.54, 1.807) is 0 Å². The number of ether oxygens (including phenoxy) is 4. The molecular weight excluding hydrogens is 1340 g/mol. The Kier molecular flexibility index (Phi) is 74.1. The van der Waals surface area contributed by atoms with Gasteiger partial charge < -0.3 is 33.8 Å². The molecule has 0 heterocycles. The van der Waals surface area contributed by atoms with Crippen molar-refractivity contribution in [3.63, 3.8) is 0 Å². The standard InChI is InChI=1S/C84H164O17P2/c1-7-10-12-14-16-18-20-22-31-38-44-50-56-62-68-83(88)100-79(72-94-81(86)66-60-54-48-42-36-21-19-17-15-13-11-8-2)74-98-102(90,91)96-70-78(85)71-97-103(92,93)99-75-80(73-95-82(87)67-61-55-49-43-37-32-28-27-30-35-41-47-53-59-65-77(6)9-3)101-84(89)69-63-57-51-45-39-33-26-24-23-25-29-34-40-46-52-58-64-76(4)5/h76-80,85H,7-75H2,1-6H3,(H,90,91)(H,92,93)/t77?,78-,79+,80+/m0/s1. The smallest absolute Gasteiger partial charge is 0.462 e. The van der Waals surface area contributed by atoms with Gasteiger partial charge in [0.25, 0.3) is 0 Å². The largest absolute Gasteiger partial charge is 0.472 e. The average molecular weight is 1510 g/mol. The molecule has 0 aromatic rings. The molecule has 0 spiro atoms. The van der Waals surface area contributed by atoms with Crippen LogP contribution in [0.4, 0.5) is 0 Å². The first kappa shape index (κ1) is 101. The number of rotatable bonds is 83. The van der Waals surface area contributed by atoms with Crippen molar-refractivity contribution in [2.24, 2.45) is 11.8 Å². The quantitative estimate of drug-likeness (QED) is 0.0222. The van der Waals surface area contributed by atoms with E-state index in [9.17, 15) is 43.2 Å². The zero-order valence-corrected chi connectivity index (χ0v) is 69.4. The van der Waals surface area contributed by atoms with Crippen molar-refractivity contribution in [1.82, 2.24) is 0 Å². The van der Waals surface area contributed by atoms with Crippen LogP contribution >= 0.6 is 15.6 Å². The van der Waals surface area contributed by atoms with E-state index in [0.717, 1.165) is 102 Å². The van der Waals surface area contributed by atoms with Crippen molar-refractivity contribution in [3.05, 3.63) is 0 Å². The van der Waals surface area contributed by atoms with Gasteiger partial charge >= 0.3 is 39.5 Å². The summed E-state index contributed by atoms with van der Waals surface area (Å²) in [4.78, 5) is 73.2. The Morgan fingerprint density at radius 2 is 0.495 bits per heavy atom. The number of phosphoric ester groups is 2. The number of esters is 4. The van der Waals surface area contributed by atoms with Crippen LogP contribution in [0.3, 0.4) is 0 Å². The molecule has 0 rings (SSSR count). The summed E-state index contributed by atoms with van der Waals surface area (Å²) in [5.41, 5.74) is 0. The Hall–Kier alpha value is -1.94. The normalized spacial score (nSPS) is 14.1. The molecular formula is C84H164O17P2. The summed E-state index contributed by atoms with van der Waals surface area (Å²) in [6.07, 6.45) is 66.4. The maximum atomic E-state index is 13.1. The number of hydrogen-bond acceptors (Lipinski definition) is 15. The van der Waals surface area contributed by atoms with E-state index in [-0.39, 0.29) is 25.7 Å². The lowest BCUT2D eigenvalue weighted by Gasteiger charge is -2.21. The van der Waals surface area contributed by atoms with Crippen LogP contribution in [0, 0.1) is 11.8 Å². The molecule has 17 nitrogen and oxygen atoms in total. The molecule has 103 heavy (non-hydrogen) atoms. The lowest BCUT2D eigenvalue weighted by molar-refractivity contribution is -0.161. The number of unbranched alkanes of at least 4 members (excludes halogenated alkanes) is 52. The fourth-order valence-electron chi connectivity index (χ4n) is 13.0. The fraction of sp³-hybridized carbons (Fsp3) is 0.952. The summed E-state index contributed by atoms with van der Waals surface area (Å²) in [6, 6.07) is 0. The molecule has 0 radical (unpaired) electrons. The summed E-state index contributed by atoms with van der Waals surface area (Å²) in [5.74, 6) is -0.442. The summed E-state index contributed by atoms with van der Waals surface area (Å²) in [7, 11) is -9.92. The first-order valence-corrected chi connectivity index (χ1v) is 46.5. The summed E-state index contributed by atoms with van der Waals surface area (Å²) >= 11 is 0. The minimum atomic E-state index is -4.96. The molecule has 0 bridgehead atoms. The van der Waals surface area contributed by atoms with Gasteiger partial charge in [0.1, 0.15) is 19.3 Å². The Morgan fingerprint density at radius 3 is 0.738 bits per heavy atom. The molecule has 612 valence electrons. The van der Waals surface area contributed by atoms with E-state index in [1.165, 1.54) is 263 Å². The maximum Gasteiger partial charge on any atom is 0.472 e. The lowest BCUT2D eigenvalue weighted by Crippen LogP contribution is -2.30. The molecule has 0 aliphatic heterocycles. The van der Waals surface area contributed by atoms with Crippen molar-refractivity contribution in [1.29, 1.82) is 0 Å². The highest BCUT2D eigenvalue weighted by Gasteiger charge is 2.30. The molecule has 19 heteroatoms. The predicted molar refractivity (Wildman–Crippen MR) is 423 cm³/mol. The second-order valence-electron chi connectivity index (χ2n) is 30.9. The van der Waals surface area contributed by atoms with E-state index >= 15 is 0 Å². The van der Waals surface area contributed by atoms with E-state index in [0.29, 0.717) is 25.7 Å². The zero-order valence-electron chi connectivity index (χ0n) is 67.6. The molecule has 0 aliphatic rings. The predicted octanol–water partition coefficient (Wildman–Crippen LogP) is 25.5. The number of phosphoric acid groups is 2. The van der Waals surface area contributed by atoms with Crippen molar-refractivity contribution in [2.75, 3.05) is 39.6 Å². The van der Waals surface area contributed by atoms with E-state index in [2.05, 4.69) is 41.5 Å². The molecule has 6 atom stereocenters. The van der Waals surface area contributed by atoms with Gasteiger partial charge in [-0.3, -0.25) is 37.3 Å². The van der Waals surface area contributed by atoms with E-state index < -0.39 is 97.5 Å². The maximum absolute atomic E-state index is 13.1. The van der Waals surface area contributed by atoms with Gasteiger partial charge in [-0.05, 0) is 37.5 Å². The van der Waals surface area contributed by atoms with Gasteiger partial charge in [-0.15, -0.1) is 0 Å². The zero-order chi connectivity index (χ0) is 75.6. The van der Waals surface area contributed by atoms with Gasteiger partial charge in [-0.1, -0.05) is 395 Å². The third-order valence-electron chi connectivity index (χ3n) is 20.1. The van der Waals surface area contributed by atoms with Crippen LogP contribution in [0.15, 0.2) is 0 Å². The van der Waals surface area contributed by atoms with Crippen LogP contribution in [0.5, 0.6) is 0 Å². The summed E-state index contributed by atoms with van der Waals surface area (Å²) < 4.78 is 68.9. The third-order valence-corrected chi connectivity index (χ3v) is 22.0. The molecule has 0 aromatic heterocycles. The van der Waals surface area contributed by atoms with Crippen LogP contribution < -0.4 is 0 Å². The van der Waals surface area contributed by atoms with Crippen molar-refractivity contribution >= 4 is 39.5 Å². The van der Waals surface area contributed by atoms with Crippen LogP contribution in [0.2, 0.25) is 0 Å². The highest BCUT2D eigenvalue weighted by molar-refractivity contribution is 7.47. The SMILES string of the molecule is CCCCCCCCCCCCCCCCC(=O)O[C@H](COC(=O)CCCCCCCCCCCCCC)COP(=O)(O)OC[C@H](O)COP(=O)(O)OC[C@@H](COC(=O)CCCCCCCCCCCCCCCCC(C)CC)OC(=O)CCCCCCCCCCCCCCCCCCC(C)C. The van der Waals surface area contributed by atoms with Crippen LogP contribution in [0.1, 0.15) is 446 Å². The molecule has 0 aliphatic carbocycles. The number of aliphatic hydroxyl groups excluding tert-OH is 1. The highest BCUT2D eigenvalue weighted by atomic mass is 31.2. The Morgan fingerprint density at radius 1 is 0.282 bits per heavy atom. The highest BCUT2D eigenvalue weighted by Crippen LogP contribution is 2.45. The monoisotopic (exact) mass is 1510 g/mol. The van der Waals surface area contributed by atoms with Gasteiger partial charge in [0.2, 0.25) is 0 Å². The summed E-state index contributed by atoms with van der Waals surface area (Å²) in [6.45, 7) is 9.75. The summed E-state index contributed by atoms with van der Waals surface area (Å²) in [5, 5.41) is 10.7. The number of hydrogen-bond donors (Lipinski definition) is 3. The minimum absolute atomic E-state index is 0.108. The van der Waals surface area contributed by atoms with Crippen molar-refractivity contribution < 1.29 is 80.2 Å². The van der Waals surface area contributed by atoms with Crippen LogP contribution in [-0.4, -0.2) is 96.7 Å². The molecule has 3 N–H and O–H groups in total. The molecule has 0 aromatic carbocycles. The third kappa shape index (κ3) is 76.6. The Labute approximate surface area is 632 Å². The van der Waals surface area contributed by atoms with E-state index in [1.807, 2.05) is 0 Å². The molecule has 0 saturated heterocycles. The molecule has 0 fully saturated rings. The van der Waals surface area contributed by atoms with Gasteiger partial charge in [0.15, 0.2) is 12.2 Å². The second kappa shape index (κ2) is 75.5.